The summed E-state index contributed by atoms with van der Waals surface area (Å²) < 4.78 is 0. The van der Waals surface area contributed by atoms with Crippen molar-refractivity contribution in [2.45, 2.75) is 13.5 Å². The number of aryl methyl sites for hydroxylation is 1. The number of thiophene rings is 1. The maximum Gasteiger partial charge on any atom is 0.0411 e. The lowest BCUT2D eigenvalue weighted by atomic mass is 10.2. The van der Waals surface area contributed by atoms with E-state index >= 15 is 0 Å². The molecule has 2 rings (SSSR count). The Bertz CT molecular complexity index is 392. The van der Waals surface area contributed by atoms with E-state index < -0.39 is 0 Å². The van der Waals surface area contributed by atoms with Crippen LogP contribution in [0.1, 0.15) is 11.1 Å². The Labute approximate surface area is 88.4 Å². The molecule has 1 heterocycles. The van der Waals surface area contributed by atoms with E-state index in [1.807, 2.05) is 18.2 Å². The second kappa shape index (κ2) is 4.29. The molecule has 0 atom stereocenters. The second-order valence-electron chi connectivity index (χ2n) is 3.30. The van der Waals surface area contributed by atoms with Crippen LogP contribution in [0.15, 0.2) is 41.1 Å². The number of hydrogen-bond acceptors (Lipinski definition) is 2. The first kappa shape index (κ1) is 9.28. The molecular weight excluding hydrogens is 190 g/mol. The molecule has 0 aliphatic rings. The average molecular weight is 203 g/mol. The van der Waals surface area contributed by atoms with Gasteiger partial charge in [0.25, 0.3) is 0 Å². The predicted molar refractivity (Wildman–Crippen MR) is 62.8 cm³/mol. The lowest BCUT2D eigenvalue weighted by Gasteiger charge is -2.05. The zero-order valence-corrected chi connectivity index (χ0v) is 8.97. The van der Waals surface area contributed by atoms with Gasteiger partial charge in [0.15, 0.2) is 0 Å². The van der Waals surface area contributed by atoms with Crippen molar-refractivity contribution in [1.82, 2.24) is 0 Å². The van der Waals surface area contributed by atoms with E-state index in [-0.39, 0.29) is 0 Å². The zero-order valence-electron chi connectivity index (χ0n) is 8.16. The maximum atomic E-state index is 3.39. The molecule has 0 fully saturated rings. The first-order valence-corrected chi connectivity index (χ1v) is 5.61. The van der Waals surface area contributed by atoms with Crippen molar-refractivity contribution in [2.24, 2.45) is 0 Å². The van der Waals surface area contributed by atoms with E-state index in [9.17, 15) is 0 Å². The first-order chi connectivity index (χ1) is 6.86. The third-order valence-electron chi connectivity index (χ3n) is 2.22. The first-order valence-electron chi connectivity index (χ1n) is 4.67. The van der Waals surface area contributed by atoms with Gasteiger partial charge in [-0.2, -0.15) is 11.3 Å². The largest absolute Gasteiger partial charge is 0.381 e. The number of benzene rings is 1. The van der Waals surface area contributed by atoms with Crippen LogP contribution < -0.4 is 5.32 Å². The fourth-order valence-corrected chi connectivity index (χ4v) is 2.18. The van der Waals surface area contributed by atoms with Crippen molar-refractivity contribution in [3.8, 4) is 0 Å². The van der Waals surface area contributed by atoms with Crippen LogP contribution in [-0.4, -0.2) is 0 Å². The number of hydrogen-bond donors (Lipinski definition) is 1. The van der Waals surface area contributed by atoms with E-state index in [1.165, 1.54) is 16.8 Å². The highest BCUT2D eigenvalue weighted by atomic mass is 32.1. The Kier molecular flexibility index (Phi) is 2.84. The van der Waals surface area contributed by atoms with Crippen LogP contribution in [-0.2, 0) is 6.54 Å². The Balaban J connectivity index is 1.99. The Morgan fingerprint density at radius 1 is 1.14 bits per heavy atom. The number of para-hydroxylation sites is 1. The highest BCUT2D eigenvalue weighted by molar-refractivity contribution is 7.08. The molecule has 0 saturated heterocycles. The SMILES string of the molecule is Cc1cscc1CNc1ccccc1. The maximum absolute atomic E-state index is 3.39. The van der Waals surface area contributed by atoms with Crippen molar-refractivity contribution < 1.29 is 0 Å². The zero-order chi connectivity index (χ0) is 9.80. The van der Waals surface area contributed by atoms with E-state index in [2.05, 4.69) is 35.1 Å². The van der Waals surface area contributed by atoms with Crippen molar-refractivity contribution >= 4 is 17.0 Å². The minimum absolute atomic E-state index is 0.916. The standard InChI is InChI=1S/C12H13NS/c1-10-8-14-9-11(10)7-13-12-5-3-2-4-6-12/h2-6,8-9,13H,7H2,1H3. The molecule has 72 valence electrons. The molecule has 0 aliphatic carbocycles. The number of nitrogens with one attached hydrogen (secondary N) is 1. The van der Waals surface area contributed by atoms with Gasteiger partial charge in [-0.1, -0.05) is 18.2 Å². The average Bonchev–Trinajstić information content (AvgIpc) is 2.63. The Morgan fingerprint density at radius 3 is 2.57 bits per heavy atom. The molecule has 2 aromatic rings. The van der Waals surface area contributed by atoms with Crippen LogP contribution in [0, 0.1) is 6.92 Å². The smallest absolute Gasteiger partial charge is 0.0411 e. The van der Waals surface area contributed by atoms with E-state index in [4.69, 9.17) is 0 Å². The van der Waals surface area contributed by atoms with Crippen molar-refractivity contribution in [3.05, 3.63) is 52.2 Å². The Morgan fingerprint density at radius 2 is 1.93 bits per heavy atom. The lowest BCUT2D eigenvalue weighted by Crippen LogP contribution is -1.98. The molecule has 1 aromatic heterocycles. The van der Waals surface area contributed by atoms with Crippen molar-refractivity contribution in [1.29, 1.82) is 0 Å². The molecule has 2 heteroatoms. The van der Waals surface area contributed by atoms with Crippen LogP contribution in [0.2, 0.25) is 0 Å². The van der Waals surface area contributed by atoms with Gasteiger partial charge in [-0.05, 0) is 40.9 Å². The minimum Gasteiger partial charge on any atom is -0.381 e. The fourth-order valence-electron chi connectivity index (χ4n) is 1.32. The van der Waals surface area contributed by atoms with E-state index in [0.29, 0.717) is 0 Å². The number of rotatable bonds is 3. The van der Waals surface area contributed by atoms with Gasteiger partial charge in [-0.25, -0.2) is 0 Å². The molecule has 1 nitrogen and oxygen atoms in total. The molecule has 14 heavy (non-hydrogen) atoms. The summed E-state index contributed by atoms with van der Waals surface area (Å²) in [7, 11) is 0. The lowest BCUT2D eigenvalue weighted by molar-refractivity contribution is 1.14. The van der Waals surface area contributed by atoms with Crippen molar-refractivity contribution in [3.63, 3.8) is 0 Å². The third kappa shape index (κ3) is 2.15. The van der Waals surface area contributed by atoms with E-state index in [1.54, 1.807) is 11.3 Å². The quantitative estimate of drug-likeness (QED) is 0.802. The molecule has 0 spiro atoms. The Hall–Kier alpha value is -1.28. The van der Waals surface area contributed by atoms with Crippen molar-refractivity contribution in [2.75, 3.05) is 5.32 Å². The summed E-state index contributed by atoms with van der Waals surface area (Å²) in [6, 6.07) is 10.3. The molecule has 0 aliphatic heterocycles. The summed E-state index contributed by atoms with van der Waals surface area (Å²) >= 11 is 1.76. The predicted octanol–water partition coefficient (Wildman–Crippen LogP) is 3.67. The minimum atomic E-state index is 0.916. The van der Waals surface area contributed by atoms with Gasteiger partial charge in [0, 0.05) is 12.2 Å². The van der Waals surface area contributed by atoms with Gasteiger partial charge in [0.05, 0.1) is 0 Å². The molecule has 1 aromatic carbocycles. The second-order valence-corrected chi connectivity index (χ2v) is 4.04. The van der Waals surface area contributed by atoms with Gasteiger partial charge >= 0.3 is 0 Å². The van der Waals surface area contributed by atoms with Gasteiger partial charge in [0.2, 0.25) is 0 Å². The fraction of sp³-hybridized carbons (Fsp3) is 0.167. The van der Waals surface area contributed by atoms with Crippen LogP contribution in [0.25, 0.3) is 0 Å². The van der Waals surface area contributed by atoms with Crippen LogP contribution >= 0.6 is 11.3 Å². The molecule has 0 saturated carbocycles. The normalized spacial score (nSPS) is 10.1. The molecule has 0 bridgehead atoms. The highest BCUT2D eigenvalue weighted by Crippen LogP contribution is 2.15. The summed E-state index contributed by atoms with van der Waals surface area (Å²) in [5, 5.41) is 7.78. The van der Waals surface area contributed by atoms with Gasteiger partial charge in [0.1, 0.15) is 0 Å². The van der Waals surface area contributed by atoms with Gasteiger partial charge in [-0.15, -0.1) is 0 Å². The number of anilines is 1. The summed E-state index contributed by atoms with van der Waals surface area (Å²) in [4.78, 5) is 0. The third-order valence-corrected chi connectivity index (χ3v) is 3.13. The molecule has 0 amide bonds. The van der Waals surface area contributed by atoms with Gasteiger partial charge < -0.3 is 5.32 Å². The van der Waals surface area contributed by atoms with Gasteiger partial charge in [-0.3, -0.25) is 0 Å². The summed E-state index contributed by atoms with van der Waals surface area (Å²) in [6.45, 7) is 3.07. The van der Waals surface area contributed by atoms with E-state index in [0.717, 1.165) is 6.54 Å². The summed E-state index contributed by atoms with van der Waals surface area (Å²) in [6.07, 6.45) is 0. The summed E-state index contributed by atoms with van der Waals surface area (Å²) in [5.41, 5.74) is 3.94. The molecular formula is C12H13NS. The van der Waals surface area contributed by atoms with Crippen LogP contribution in [0.3, 0.4) is 0 Å². The highest BCUT2D eigenvalue weighted by Gasteiger charge is 1.97. The molecule has 0 unspecified atom stereocenters. The van der Waals surface area contributed by atoms with Crippen LogP contribution in [0.4, 0.5) is 5.69 Å². The monoisotopic (exact) mass is 203 g/mol. The van der Waals surface area contributed by atoms with Crippen LogP contribution in [0.5, 0.6) is 0 Å². The summed E-state index contributed by atoms with van der Waals surface area (Å²) in [5.74, 6) is 0. The molecule has 0 radical (unpaired) electrons. The molecule has 1 N–H and O–H groups in total. The topological polar surface area (TPSA) is 12.0 Å².